The van der Waals surface area contributed by atoms with Crippen molar-refractivity contribution in [2.45, 2.75) is 50.2 Å². The van der Waals surface area contributed by atoms with E-state index < -0.39 is 9.84 Å². The molecule has 2 aromatic carbocycles. The summed E-state index contributed by atoms with van der Waals surface area (Å²) in [6.07, 6.45) is 4.58. The standard InChI is InChI=1S/C22H29ClN3O2S/c1-4-6-9-17(5-2)15-26(3)19-12-13-21(25-24)22(14-19)29(27,28)16-18-10-7-8-11-20(18)23/h7-8,10-14,17H,4-6,9,15-16H2,1-3H3/q+1. The molecule has 0 saturated carbocycles. The maximum absolute atomic E-state index is 13.1. The van der Waals surface area contributed by atoms with Gasteiger partial charge in [-0.25, -0.2) is 8.42 Å². The molecule has 0 N–H and O–H groups in total. The molecule has 5 nitrogen and oxygen atoms in total. The highest BCUT2D eigenvalue weighted by Crippen LogP contribution is 2.33. The Bertz CT molecular complexity index is 970. The molecule has 0 fully saturated rings. The van der Waals surface area contributed by atoms with Crippen molar-refractivity contribution in [3.05, 3.63) is 58.0 Å². The van der Waals surface area contributed by atoms with Gasteiger partial charge in [0.2, 0.25) is 5.39 Å². The third kappa shape index (κ3) is 6.19. The van der Waals surface area contributed by atoms with Crippen molar-refractivity contribution < 1.29 is 8.42 Å². The van der Waals surface area contributed by atoms with Crippen molar-refractivity contribution >= 4 is 32.8 Å². The minimum absolute atomic E-state index is 0.00544. The molecule has 0 saturated heterocycles. The minimum Gasteiger partial charge on any atom is -0.374 e. The van der Waals surface area contributed by atoms with Gasteiger partial charge in [-0.1, -0.05) is 62.9 Å². The Labute approximate surface area is 179 Å². The Kier molecular flexibility index (Phi) is 8.48. The van der Waals surface area contributed by atoms with E-state index in [4.69, 9.17) is 11.6 Å². The summed E-state index contributed by atoms with van der Waals surface area (Å²) in [6, 6.07) is 11.8. The number of halogens is 1. The van der Waals surface area contributed by atoms with E-state index in [2.05, 4.69) is 23.7 Å². The first-order valence-electron chi connectivity index (χ1n) is 9.98. The van der Waals surface area contributed by atoms with E-state index in [9.17, 15) is 13.8 Å². The Hall–Kier alpha value is -2.10. The molecule has 0 aliphatic heterocycles. The molecule has 0 amide bonds. The van der Waals surface area contributed by atoms with E-state index in [1.54, 1.807) is 36.4 Å². The lowest BCUT2D eigenvalue weighted by atomic mass is 9.98. The average molecular weight is 435 g/mol. The fourth-order valence-corrected chi connectivity index (χ4v) is 5.21. The van der Waals surface area contributed by atoms with Crippen molar-refractivity contribution in [2.75, 3.05) is 18.5 Å². The van der Waals surface area contributed by atoms with Crippen molar-refractivity contribution in [2.24, 2.45) is 5.92 Å². The first-order chi connectivity index (χ1) is 13.8. The number of nitrogens with zero attached hydrogens (tertiary/aromatic N) is 3. The van der Waals surface area contributed by atoms with Gasteiger partial charge >= 0.3 is 5.69 Å². The highest BCUT2D eigenvalue weighted by molar-refractivity contribution is 7.90. The first kappa shape index (κ1) is 23.2. The van der Waals surface area contributed by atoms with Gasteiger partial charge in [-0.2, -0.15) is 0 Å². The Balaban J connectivity index is 2.32. The van der Waals surface area contributed by atoms with Crippen LogP contribution < -0.4 is 4.90 Å². The van der Waals surface area contributed by atoms with E-state index >= 15 is 0 Å². The van der Waals surface area contributed by atoms with Crippen LogP contribution in [0.15, 0.2) is 47.4 Å². The van der Waals surface area contributed by atoms with Gasteiger partial charge < -0.3 is 4.90 Å². The zero-order chi connectivity index (χ0) is 21.4. The van der Waals surface area contributed by atoms with Crippen molar-refractivity contribution in [1.82, 2.24) is 0 Å². The van der Waals surface area contributed by atoms with Crippen molar-refractivity contribution in [3.8, 4) is 0 Å². The molecule has 2 aromatic rings. The second-order valence-electron chi connectivity index (χ2n) is 7.40. The molecule has 0 aliphatic rings. The summed E-state index contributed by atoms with van der Waals surface area (Å²) in [7, 11) is -1.79. The SMILES string of the molecule is CCCCC(CC)CN(C)c1ccc([N+]#N)c(S(=O)(=O)Cc2ccccc2Cl)c1. The van der Waals surface area contributed by atoms with Gasteiger partial charge in [0, 0.05) is 30.4 Å². The van der Waals surface area contributed by atoms with Crippen LogP contribution >= 0.6 is 11.6 Å². The normalized spacial score (nSPS) is 12.4. The quantitative estimate of drug-likeness (QED) is 0.403. The van der Waals surface area contributed by atoms with Crippen LogP contribution in [0.25, 0.3) is 4.98 Å². The zero-order valence-corrected chi connectivity index (χ0v) is 18.9. The highest BCUT2D eigenvalue weighted by Gasteiger charge is 2.28. The summed E-state index contributed by atoms with van der Waals surface area (Å²) in [5, 5.41) is 9.73. The fraction of sp³-hybridized carbons (Fsp3) is 0.455. The molecule has 1 atom stereocenters. The van der Waals surface area contributed by atoms with Crippen LogP contribution in [-0.2, 0) is 15.6 Å². The van der Waals surface area contributed by atoms with Crippen LogP contribution in [0.3, 0.4) is 0 Å². The summed E-state index contributed by atoms with van der Waals surface area (Å²) in [6.45, 7) is 5.21. The summed E-state index contributed by atoms with van der Waals surface area (Å²) >= 11 is 6.14. The summed E-state index contributed by atoms with van der Waals surface area (Å²) in [5.41, 5.74) is 1.33. The number of anilines is 1. The van der Waals surface area contributed by atoms with Crippen LogP contribution in [0.1, 0.15) is 45.1 Å². The van der Waals surface area contributed by atoms with Gasteiger partial charge in [-0.3, -0.25) is 0 Å². The molecule has 0 bridgehead atoms. The third-order valence-electron chi connectivity index (χ3n) is 5.21. The van der Waals surface area contributed by atoms with Gasteiger partial charge in [0.25, 0.3) is 0 Å². The smallest absolute Gasteiger partial charge is 0.374 e. The predicted molar refractivity (Wildman–Crippen MR) is 120 cm³/mol. The second kappa shape index (κ2) is 10.6. The summed E-state index contributed by atoms with van der Waals surface area (Å²) in [4.78, 5) is 5.26. The number of hydrogen-bond acceptors (Lipinski definition) is 4. The van der Waals surface area contributed by atoms with E-state index in [1.165, 1.54) is 12.5 Å². The summed E-state index contributed by atoms with van der Waals surface area (Å²) in [5.74, 6) is 0.293. The molecular formula is C22H29ClN3O2S+. The van der Waals surface area contributed by atoms with E-state index in [0.717, 1.165) is 31.5 Å². The molecule has 0 radical (unpaired) electrons. The van der Waals surface area contributed by atoms with E-state index in [-0.39, 0.29) is 16.3 Å². The predicted octanol–water partition coefficient (Wildman–Crippen LogP) is 6.45. The third-order valence-corrected chi connectivity index (χ3v) is 7.26. The van der Waals surface area contributed by atoms with Gasteiger partial charge in [-0.05, 0) is 36.1 Å². The van der Waals surface area contributed by atoms with Crippen LogP contribution in [0.2, 0.25) is 5.02 Å². The van der Waals surface area contributed by atoms with Gasteiger partial charge in [0.05, 0.1) is 5.75 Å². The number of diazo groups is 1. The molecule has 0 spiro atoms. The van der Waals surface area contributed by atoms with Crippen LogP contribution in [0.5, 0.6) is 0 Å². The second-order valence-corrected chi connectivity index (χ2v) is 9.76. The molecule has 1 unspecified atom stereocenters. The van der Waals surface area contributed by atoms with Crippen LogP contribution in [-0.4, -0.2) is 22.0 Å². The topological polar surface area (TPSA) is 65.5 Å². The molecule has 2 rings (SSSR count). The maximum atomic E-state index is 13.1. The molecule has 0 heterocycles. The maximum Gasteiger partial charge on any atom is 0.403 e. The monoisotopic (exact) mass is 434 g/mol. The highest BCUT2D eigenvalue weighted by atomic mass is 35.5. The van der Waals surface area contributed by atoms with Gasteiger partial charge in [-0.15, -0.1) is 0 Å². The molecule has 0 aromatic heterocycles. The molecule has 7 heteroatoms. The molecule has 29 heavy (non-hydrogen) atoms. The number of unbranched alkanes of at least 4 members (excludes halogenated alkanes) is 1. The van der Waals surface area contributed by atoms with Gasteiger partial charge in [0.1, 0.15) is 0 Å². The molecular weight excluding hydrogens is 406 g/mol. The fourth-order valence-electron chi connectivity index (χ4n) is 3.38. The minimum atomic E-state index is -3.75. The zero-order valence-electron chi connectivity index (χ0n) is 17.3. The van der Waals surface area contributed by atoms with E-state index in [1.807, 2.05) is 7.05 Å². The van der Waals surface area contributed by atoms with Crippen molar-refractivity contribution in [1.29, 1.82) is 5.39 Å². The largest absolute Gasteiger partial charge is 0.403 e. The van der Waals surface area contributed by atoms with E-state index in [0.29, 0.717) is 16.5 Å². The molecule has 0 aliphatic carbocycles. The van der Waals surface area contributed by atoms with Gasteiger partial charge in [0.15, 0.2) is 19.7 Å². The van der Waals surface area contributed by atoms with Crippen LogP contribution in [0, 0.1) is 11.3 Å². The number of hydrogen-bond donors (Lipinski definition) is 0. The molecule has 156 valence electrons. The lowest BCUT2D eigenvalue weighted by molar-refractivity contribution is 0.453. The lowest BCUT2D eigenvalue weighted by Crippen LogP contribution is -2.25. The Morgan fingerprint density at radius 2 is 1.90 bits per heavy atom. The van der Waals surface area contributed by atoms with Crippen molar-refractivity contribution in [3.63, 3.8) is 0 Å². The Morgan fingerprint density at radius 3 is 2.52 bits per heavy atom. The number of benzene rings is 2. The lowest BCUT2D eigenvalue weighted by Gasteiger charge is -2.25. The number of rotatable bonds is 10. The summed E-state index contributed by atoms with van der Waals surface area (Å²) < 4.78 is 26.2. The first-order valence-corrected chi connectivity index (χ1v) is 12.0. The average Bonchev–Trinajstić information content (AvgIpc) is 2.72. The Morgan fingerprint density at radius 1 is 1.17 bits per heavy atom. The van der Waals surface area contributed by atoms with Crippen LogP contribution in [0.4, 0.5) is 11.4 Å². The number of sulfone groups is 1.